The number of aromatic nitrogens is 1. The van der Waals surface area contributed by atoms with E-state index >= 15 is 0 Å². The number of hydrogen-bond donors (Lipinski definition) is 1. The highest BCUT2D eigenvalue weighted by atomic mass is 35.5. The van der Waals surface area contributed by atoms with Gasteiger partial charge in [-0.2, -0.15) is 0 Å². The molecule has 0 fully saturated rings. The second-order valence-corrected chi connectivity index (χ2v) is 2.99. The maximum Gasteiger partial charge on any atom is 0.164 e. The Kier molecular flexibility index (Phi) is 3.00. The molecule has 0 spiro atoms. The number of nitrogens with zero attached hydrogens (tertiary/aromatic N) is 1. The number of hydrogen-bond acceptors (Lipinski definition) is 2. The van der Waals surface area contributed by atoms with Crippen LogP contribution in [0, 0.1) is 5.82 Å². The van der Waals surface area contributed by atoms with E-state index in [2.05, 4.69) is 4.98 Å². The maximum atomic E-state index is 13.1. The van der Waals surface area contributed by atoms with Crippen LogP contribution in [0.3, 0.4) is 0 Å². The zero-order chi connectivity index (χ0) is 9.14. The van der Waals surface area contributed by atoms with Gasteiger partial charge in [0, 0.05) is 12.6 Å². The zero-order valence-electron chi connectivity index (χ0n) is 6.59. The summed E-state index contributed by atoms with van der Waals surface area (Å²) in [5.74, 6) is -0.542. The smallest absolute Gasteiger partial charge is 0.164 e. The molecule has 1 unspecified atom stereocenters. The highest BCUT2D eigenvalue weighted by Crippen LogP contribution is 2.16. The first-order chi connectivity index (χ1) is 5.61. The van der Waals surface area contributed by atoms with E-state index in [1.807, 2.05) is 0 Å². The van der Waals surface area contributed by atoms with Gasteiger partial charge in [-0.1, -0.05) is 11.6 Å². The average molecular weight is 190 g/mol. The molecule has 1 aromatic rings. The molecule has 0 bridgehead atoms. The molecule has 0 saturated heterocycles. The molecule has 1 rings (SSSR count). The predicted molar refractivity (Wildman–Crippen MR) is 44.6 cm³/mol. The molecule has 0 aliphatic heterocycles. The summed E-state index contributed by atoms with van der Waals surface area (Å²) < 4.78 is 13.1. The van der Waals surface area contributed by atoms with E-state index in [9.17, 15) is 4.39 Å². The molecule has 0 radical (unpaired) electrons. The fourth-order valence-electron chi connectivity index (χ4n) is 0.931. The molecule has 1 N–H and O–H groups in total. The fourth-order valence-corrected chi connectivity index (χ4v) is 1.11. The zero-order valence-corrected chi connectivity index (χ0v) is 7.35. The lowest BCUT2D eigenvalue weighted by atomic mass is 10.1. The third-order valence-electron chi connectivity index (χ3n) is 1.44. The number of pyridine rings is 1. The fraction of sp³-hybridized carbons (Fsp3) is 0.375. The van der Waals surface area contributed by atoms with Gasteiger partial charge in [-0.25, -0.2) is 9.37 Å². The summed E-state index contributed by atoms with van der Waals surface area (Å²) in [4.78, 5) is 3.56. The van der Waals surface area contributed by atoms with Crippen molar-refractivity contribution in [1.29, 1.82) is 0 Å². The number of aliphatic hydroxyl groups excluding tert-OH is 1. The minimum atomic E-state index is -0.571. The Hall–Kier alpha value is -0.670. The van der Waals surface area contributed by atoms with Crippen molar-refractivity contribution < 1.29 is 9.50 Å². The van der Waals surface area contributed by atoms with E-state index in [0.717, 1.165) is 0 Å². The van der Waals surface area contributed by atoms with Crippen molar-refractivity contribution in [2.24, 2.45) is 0 Å². The third-order valence-corrected chi connectivity index (χ3v) is 1.71. The van der Waals surface area contributed by atoms with Crippen molar-refractivity contribution >= 4 is 11.6 Å². The number of rotatable bonds is 2. The van der Waals surface area contributed by atoms with Crippen LogP contribution in [0.25, 0.3) is 0 Å². The largest absolute Gasteiger partial charge is 0.393 e. The van der Waals surface area contributed by atoms with Crippen LogP contribution < -0.4 is 0 Å². The summed E-state index contributed by atoms with van der Waals surface area (Å²) in [6, 6.07) is 1.51. The molecular weight excluding hydrogens is 181 g/mol. The molecule has 0 aliphatic rings. The molecule has 4 heteroatoms. The Morgan fingerprint density at radius 3 is 3.00 bits per heavy atom. The van der Waals surface area contributed by atoms with Gasteiger partial charge in [0.25, 0.3) is 0 Å². The van der Waals surface area contributed by atoms with Crippen LogP contribution in [0.1, 0.15) is 12.5 Å². The first kappa shape index (κ1) is 9.42. The van der Waals surface area contributed by atoms with Gasteiger partial charge in [0.05, 0.1) is 6.10 Å². The van der Waals surface area contributed by atoms with Crippen molar-refractivity contribution in [2.75, 3.05) is 0 Å². The Balaban J connectivity index is 2.92. The van der Waals surface area contributed by atoms with Crippen LogP contribution in [0.4, 0.5) is 4.39 Å². The van der Waals surface area contributed by atoms with Crippen LogP contribution in [-0.4, -0.2) is 16.2 Å². The lowest BCUT2D eigenvalue weighted by Crippen LogP contribution is -2.06. The van der Waals surface area contributed by atoms with E-state index in [1.165, 1.54) is 12.3 Å². The molecule has 0 aromatic carbocycles. The number of aliphatic hydroxyl groups is 1. The van der Waals surface area contributed by atoms with Gasteiger partial charge in [-0.15, -0.1) is 0 Å². The normalized spacial score (nSPS) is 13.0. The molecule has 0 saturated carbocycles. The maximum absolute atomic E-state index is 13.1. The van der Waals surface area contributed by atoms with E-state index in [4.69, 9.17) is 16.7 Å². The average Bonchev–Trinajstić information content (AvgIpc) is 1.98. The third kappa shape index (κ3) is 2.16. The van der Waals surface area contributed by atoms with Crippen LogP contribution >= 0.6 is 11.6 Å². The Morgan fingerprint density at radius 2 is 2.42 bits per heavy atom. The summed E-state index contributed by atoms with van der Waals surface area (Å²) in [5, 5.41) is 8.85. The number of halogens is 2. The van der Waals surface area contributed by atoms with Crippen LogP contribution in [0.2, 0.25) is 5.15 Å². The van der Waals surface area contributed by atoms with Gasteiger partial charge >= 0.3 is 0 Å². The summed E-state index contributed by atoms with van der Waals surface area (Å²) >= 11 is 5.43. The molecule has 1 atom stereocenters. The van der Waals surface area contributed by atoms with Crippen LogP contribution in [-0.2, 0) is 6.42 Å². The second kappa shape index (κ2) is 3.83. The molecule has 0 amide bonds. The molecule has 0 aliphatic carbocycles. The standard InChI is InChI=1S/C8H9ClFNO/c1-5(12)4-6-2-3-11-8(9)7(6)10/h2-3,5,12H,4H2,1H3. The van der Waals surface area contributed by atoms with Gasteiger partial charge in [0.1, 0.15) is 0 Å². The molecule has 2 nitrogen and oxygen atoms in total. The minimum Gasteiger partial charge on any atom is -0.393 e. The van der Waals surface area contributed by atoms with Crippen LogP contribution in [0.5, 0.6) is 0 Å². The lowest BCUT2D eigenvalue weighted by Gasteiger charge is -2.05. The first-order valence-corrected chi connectivity index (χ1v) is 3.96. The molecule has 66 valence electrons. The van der Waals surface area contributed by atoms with Gasteiger partial charge in [-0.3, -0.25) is 0 Å². The van der Waals surface area contributed by atoms with E-state index < -0.39 is 11.9 Å². The van der Waals surface area contributed by atoms with Crippen molar-refractivity contribution in [3.63, 3.8) is 0 Å². The lowest BCUT2D eigenvalue weighted by molar-refractivity contribution is 0.194. The van der Waals surface area contributed by atoms with E-state index in [-0.39, 0.29) is 11.6 Å². The molecule has 12 heavy (non-hydrogen) atoms. The Morgan fingerprint density at radius 1 is 1.75 bits per heavy atom. The highest BCUT2D eigenvalue weighted by Gasteiger charge is 2.08. The van der Waals surface area contributed by atoms with Crippen molar-refractivity contribution in [3.05, 3.63) is 28.8 Å². The van der Waals surface area contributed by atoms with Gasteiger partial charge in [0.15, 0.2) is 11.0 Å². The Bertz CT molecular complexity index is 278. The quantitative estimate of drug-likeness (QED) is 0.720. The molecule has 1 heterocycles. The van der Waals surface area contributed by atoms with Gasteiger partial charge < -0.3 is 5.11 Å². The SMILES string of the molecule is CC(O)Cc1ccnc(Cl)c1F. The molecule has 1 aromatic heterocycles. The van der Waals surface area contributed by atoms with Crippen molar-refractivity contribution in [1.82, 2.24) is 4.98 Å². The predicted octanol–water partition coefficient (Wildman–Crippen LogP) is 1.80. The highest BCUT2D eigenvalue weighted by molar-refractivity contribution is 6.29. The summed E-state index contributed by atoms with van der Waals surface area (Å²) in [5.41, 5.74) is 0.394. The first-order valence-electron chi connectivity index (χ1n) is 3.58. The van der Waals surface area contributed by atoms with Crippen molar-refractivity contribution in [2.45, 2.75) is 19.4 Å². The second-order valence-electron chi connectivity index (χ2n) is 2.63. The monoisotopic (exact) mass is 189 g/mol. The van der Waals surface area contributed by atoms with Crippen LogP contribution in [0.15, 0.2) is 12.3 Å². The summed E-state index contributed by atoms with van der Waals surface area (Å²) in [7, 11) is 0. The Labute approximate surface area is 75.0 Å². The van der Waals surface area contributed by atoms with E-state index in [1.54, 1.807) is 6.92 Å². The summed E-state index contributed by atoms with van der Waals surface area (Å²) in [6.07, 6.45) is 1.11. The summed E-state index contributed by atoms with van der Waals surface area (Å²) in [6.45, 7) is 1.59. The minimum absolute atomic E-state index is 0.145. The molecular formula is C8H9ClFNO. The van der Waals surface area contributed by atoms with Crippen molar-refractivity contribution in [3.8, 4) is 0 Å². The van der Waals surface area contributed by atoms with Gasteiger partial charge in [0.2, 0.25) is 0 Å². The van der Waals surface area contributed by atoms with Gasteiger partial charge in [-0.05, 0) is 18.6 Å². The topological polar surface area (TPSA) is 33.1 Å². The van der Waals surface area contributed by atoms with E-state index in [0.29, 0.717) is 5.56 Å².